The zero-order valence-electron chi connectivity index (χ0n) is 12.2. The SMILES string of the molecule is CCCCC[C@@H](c1cc(F)ccc1Cl)N1CCNCC1. The maximum absolute atomic E-state index is 13.6. The normalized spacial score (nSPS) is 18.1. The number of rotatable bonds is 6. The van der Waals surface area contributed by atoms with E-state index in [9.17, 15) is 4.39 Å². The molecule has 2 nitrogen and oxygen atoms in total. The van der Waals surface area contributed by atoms with Gasteiger partial charge in [-0.15, -0.1) is 0 Å². The summed E-state index contributed by atoms with van der Waals surface area (Å²) in [5.41, 5.74) is 0.949. The standard InChI is InChI=1S/C16H24ClFN2/c1-2-3-4-5-16(20-10-8-19-9-11-20)14-12-13(18)6-7-15(14)17/h6-7,12,16,19H,2-5,8-11H2,1H3/t16-/m0/s1. The van der Waals surface area contributed by atoms with E-state index in [2.05, 4.69) is 17.1 Å². The van der Waals surface area contributed by atoms with Gasteiger partial charge in [-0.3, -0.25) is 4.90 Å². The summed E-state index contributed by atoms with van der Waals surface area (Å²) in [5.74, 6) is -0.194. The third kappa shape index (κ3) is 4.18. The van der Waals surface area contributed by atoms with Crippen LogP contribution in [0.1, 0.15) is 44.2 Å². The minimum Gasteiger partial charge on any atom is -0.314 e. The van der Waals surface area contributed by atoms with Crippen LogP contribution in [0.4, 0.5) is 4.39 Å². The first kappa shape index (κ1) is 15.7. The Kier molecular flexibility index (Phi) is 6.27. The fraction of sp³-hybridized carbons (Fsp3) is 0.625. The van der Waals surface area contributed by atoms with Gasteiger partial charge in [0.2, 0.25) is 0 Å². The minimum absolute atomic E-state index is 0.194. The van der Waals surface area contributed by atoms with E-state index in [4.69, 9.17) is 11.6 Å². The van der Waals surface area contributed by atoms with Gasteiger partial charge in [-0.25, -0.2) is 4.39 Å². The Morgan fingerprint density at radius 1 is 1.30 bits per heavy atom. The smallest absolute Gasteiger partial charge is 0.123 e. The molecule has 4 heteroatoms. The van der Waals surface area contributed by atoms with Crippen molar-refractivity contribution in [2.24, 2.45) is 0 Å². The number of halogens is 2. The van der Waals surface area contributed by atoms with Crippen molar-refractivity contribution in [1.29, 1.82) is 0 Å². The number of nitrogens with one attached hydrogen (secondary N) is 1. The molecule has 1 heterocycles. The highest BCUT2D eigenvalue weighted by molar-refractivity contribution is 6.31. The van der Waals surface area contributed by atoms with Gasteiger partial charge in [-0.1, -0.05) is 37.8 Å². The maximum atomic E-state index is 13.6. The second-order valence-corrected chi connectivity index (χ2v) is 5.87. The van der Waals surface area contributed by atoms with Crippen LogP contribution in [-0.2, 0) is 0 Å². The zero-order valence-corrected chi connectivity index (χ0v) is 12.9. The van der Waals surface area contributed by atoms with Crippen LogP contribution >= 0.6 is 11.6 Å². The molecular formula is C16H24ClFN2. The molecule has 1 saturated heterocycles. The van der Waals surface area contributed by atoms with Crippen LogP contribution in [0.2, 0.25) is 5.02 Å². The van der Waals surface area contributed by atoms with Gasteiger partial charge in [0.1, 0.15) is 5.82 Å². The number of hydrogen-bond donors (Lipinski definition) is 1. The van der Waals surface area contributed by atoms with Crippen molar-refractivity contribution in [3.05, 3.63) is 34.6 Å². The Balaban J connectivity index is 2.17. The first-order valence-electron chi connectivity index (χ1n) is 7.62. The summed E-state index contributed by atoms with van der Waals surface area (Å²) in [6.45, 7) is 6.21. The number of hydrogen-bond acceptors (Lipinski definition) is 2. The molecule has 112 valence electrons. The van der Waals surface area contributed by atoms with Crippen LogP contribution in [-0.4, -0.2) is 31.1 Å². The number of piperazine rings is 1. The van der Waals surface area contributed by atoms with Crippen molar-refractivity contribution in [3.63, 3.8) is 0 Å². The maximum Gasteiger partial charge on any atom is 0.123 e. The Bertz CT molecular complexity index is 419. The van der Waals surface area contributed by atoms with Crippen LogP contribution in [0.15, 0.2) is 18.2 Å². The van der Waals surface area contributed by atoms with E-state index >= 15 is 0 Å². The molecule has 0 aliphatic carbocycles. The molecule has 1 atom stereocenters. The number of unbranched alkanes of at least 4 members (excludes halogenated alkanes) is 2. The van der Waals surface area contributed by atoms with Crippen molar-refractivity contribution in [2.75, 3.05) is 26.2 Å². The van der Waals surface area contributed by atoms with Crippen molar-refractivity contribution in [2.45, 2.75) is 38.6 Å². The first-order chi connectivity index (χ1) is 9.72. The molecule has 0 saturated carbocycles. The predicted molar refractivity (Wildman–Crippen MR) is 82.7 cm³/mol. The highest BCUT2D eigenvalue weighted by atomic mass is 35.5. The molecule has 20 heavy (non-hydrogen) atoms. The Labute approximate surface area is 126 Å². The van der Waals surface area contributed by atoms with Gasteiger partial charge in [0, 0.05) is 37.2 Å². The van der Waals surface area contributed by atoms with E-state index in [0.717, 1.165) is 44.6 Å². The van der Waals surface area contributed by atoms with Gasteiger partial charge in [0.05, 0.1) is 0 Å². The Hall–Kier alpha value is -0.640. The fourth-order valence-corrected chi connectivity index (χ4v) is 3.13. The molecular weight excluding hydrogens is 275 g/mol. The molecule has 1 N–H and O–H groups in total. The summed E-state index contributed by atoms with van der Waals surface area (Å²) in [6, 6.07) is 4.97. The molecule has 0 bridgehead atoms. The number of benzene rings is 1. The van der Waals surface area contributed by atoms with Gasteiger partial charge in [-0.05, 0) is 30.2 Å². The van der Waals surface area contributed by atoms with E-state index in [1.807, 2.05) is 0 Å². The molecule has 1 fully saturated rings. The monoisotopic (exact) mass is 298 g/mol. The van der Waals surface area contributed by atoms with Crippen LogP contribution < -0.4 is 5.32 Å². The van der Waals surface area contributed by atoms with Gasteiger partial charge >= 0.3 is 0 Å². The van der Waals surface area contributed by atoms with E-state index in [-0.39, 0.29) is 11.9 Å². The molecule has 0 unspecified atom stereocenters. The van der Waals surface area contributed by atoms with Gasteiger partial charge in [-0.2, -0.15) is 0 Å². The third-order valence-electron chi connectivity index (χ3n) is 3.99. The largest absolute Gasteiger partial charge is 0.314 e. The summed E-state index contributed by atoms with van der Waals surface area (Å²) in [5, 5.41) is 4.05. The molecule has 0 radical (unpaired) electrons. The quantitative estimate of drug-likeness (QED) is 0.799. The molecule has 1 aliphatic rings. The van der Waals surface area contributed by atoms with E-state index in [1.54, 1.807) is 12.1 Å². The van der Waals surface area contributed by atoms with Crippen LogP contribution in [0, 0.1) is 5.82 Å². The summed E-state index contributed by atoms with van der Waals surface area (Å²) in [7, 11) is 0. The molecule has 0 spiro atoms. The lowest BCUT2D eigenvalue weighted by Crippen LogP contribution is -2.45. The molecule has 1 aromatic carbocycles. The van der Waals surface area contributed by atoms with Gasteiger partial charge in [0.15, 0.2) is 0 Å². The second kappa shape index (κ2) is 7.96. The second-order valence-electron chi connectivity index (χ2n) is 5.46. The topological polar surface area (TPSA) is 15.3 Å². The highest BCUT2D eigenvalue weighted by Gasteiger charge is 2.23. The first-order valence-corrected chi connectivity index (χ1v) is 8.00. The van der Waals surface area contributed by atoms with Gasteiger partial charge in [0.25, 0.3) is 0 Å². The van der Waals surface area contributed by atoms with E-state index in [0.29, 0.717) is 5.02 Å². The van der Waals surface area contributed by atoms with Crippen molar-refractivity contribution in [1.82, 2.24) is 10.2 Å². The van der Waals surface area contributed by atoms with Crippen LogP contribution in [0.25, 0.3) is 0 Å². The van der Waals surface area contributed by atoms with Crippen molar-refractivity contribution in [3.8, 4) is 0 Å². The van der Waals surface area contributed by atoms with E-state index in [1.165, 1.54) is 18.9 Å². The Morgan fingerprint density at radius 2 is 2.05 bits per heavy atom. The van der Waals surface area contributed by atoms with Gasteiger partial charge < -0.3 is 5.32 Å². The molecule has 1 aromatic rings. The minimum atomic E-state index is -0.194. The highest BCUT2D eigenvalue weighted by Crippen LogP contribution is 2.32. The van der Waals surface area contributed by atoms with E-state index < -0.39 is 0 Å². The zero-order chi connectivity index (χ0) is 14.4. The average molecular weight is 299 g/mol. The Morgan fingerprint density at radius 3 is 2.75 bits per heavy atom. The molecule has 2 rings (SSSR count). The lowest BCUT2D eigenvalue weighted by Gasteiger charge is -2.35. The average Bonchev–Trinajstić information content (AvgIpc) is 2.48. The summed E-state index contributed by atoms with van der Waals surface area (Å²) in [4.78, 5) is 2.44. The number of nitrogens with zero attached hydrogens (tertiary/aromatic N) is 1. The summed E-state index contributed by atoms with van der Waals surface area (Å²) < 4.78 is 13.6. The molecule has 0 amide bonds. The summed E-state index contributed by atoms with van der Waals surface area (Å²) >= 11 is 6.31. The van der Waals surface area contributed by atoms with Crippen LogP contribution in [0.5, 0.6) is 0 Å². The predicted octanol–water partition coefficient (Wildman–Crippen LogP) is 4.01. The van der Waals surface area contributed by atoms with Crippen LogP contribution in [0.3, 0.4) is 0 Å². The van der Waals surface area contributed by atoms with Crippen molar-refractivity contribution >= 4 is 11.6 Å². The summed E-state index contributed by atoms with van der Waals surface area (Å²) in [6.07, 6.45) is 4.63. The molecule has 1 aliphatic heterocycles. The van der Waals surface area contributed by atoms with Crippen molar-refractivity contribution < 1.29 is 4.39 Å². The third-order valence-corrected chi connectivity index (χ3v) is 4.33. The lowest BCUT2D eigenvalue weighted by atomic mass is 9.98. The fourth-order valence-electron chi connectivity index (χ4n) is 2.89. The lowest BCUT2D eigenvalue weighted by molar-refractivity contribution is 0.162. The molecule has 0 aromatic heterocycles.